The normalized spacial score (nSPS) is 11.9. The number of carbonyl (C=O) groups is 1. The molecule has 0 amide bonds. The topological polar surface area (TPSA) is 26.3 Å². The van der Waals surface area contributed by atoms with Gasteiger partial charge in [0.25, 0.3) is 0 Å². The van der Waals surface area contributed by atoms with Crippen molar-refractivity contribution in [2.24, 2.45) is 0 Å². The Hall–Kier alpha value is -1.31. The summed E-state index contributed by atoms with van der Waals surface area (Å²) in [4.78, 5) is 10.5. The van der Waals surface area contributed by atoms with E-state index in [-0.39, 0.29) is 5.97 Å². The number of rotatable bonds is 12. The number of carbonyl (C=O) groups excluding carboxylic acids is 1. The highest BCUT2D eigenvalue weighted by Crippen LogP contribution is 2.09. The van der Waals surface area contributed by atoms with Gasteiger partial charge in [0.1, 0.15) is 0 Å². The molecule has 2 heteroatoms. The van der Waals surface area contributed by atoms with E-state index in [0.29, 0.717) is 6.61 Å². The van der Waals surface area contributed by atoms with Crippen LogP contribution in [0.5, 0.6) is 0 Å². The average Bonchev–Trinajstić information content (AvgIpc) is 2.43. The van der Waals surface area contributed by atoms with E-state index in [2.05, 4.69) is 18.2 Å². The number of allylic oxidation sites excluding steroid dienone is 6. The smallest absolute Gasteiger partial charge is 0.302 e. The standard InChI is InChI=1S/C18H30O2/c1-3-4-5-6-7-8-9-10-11-12-13-14-15-16-17-20-18(2)19/h3-8H,9-17H2,1-2H3/b4-3+,6-5+,8-7?. The lowest BCUT2D eigenvalue weighted by Gasteiger charge is -2.02. The van der Waals surface area contributed by atoms with Crippen LogP contribution in [0.3, 0.4) is 0 Å². The molecule has 0 aromatic heterocycles. The fraction of sp³-hybridized carbons (Fsp3) is 0.611. The molecule has 0 aromatic rings. The first-order valence-electron chi connectivity index (χ1n) is 7.85. The zero-order valence-corrected chi connectivity index (χ0v) is 13.1. The zero-order valence-electron chi connectivity index (χ0n) is 13.1. The molecule has 0 saturated heterocycles. The van der Waals surface area contributed by atoms with Crippen LogP contribution < -0.4 is 0 Å². The van der Waals surface area contributed by atoms with Gasteiger partial charge in [-0.15, -0.1) is 0 Å². The molecule has 0 spiro atoms. The van der Waals surface area contributed by atoms with Gasteiger partial charge < -0.3 is 4.74 Å². The second-order valence-corrected chi connectivity index (χ2v) is 4.94. The summed E-state index contributed by atoms with van der Waals surface area (Å²) in [5, 5.41) is 0. The summed E-state index contributed by atoms with van der Waals surface area (Å²) < 4.78 is 4.89. The van der Waals surface area contributed by atoms with Gasteiger partial charge in [0.2, 0.25) is 0 Å². The SMILES string of the molecule is C/C=C/C=C/C=CCCCCCCCCCOC(C)=O. The molecular formula is C18H30O2. The minimum absolute atomic E-state index is 0.168. The van der Waals surface area contributed by atoms with Crippen LogP contribution in [0.2, 0.25) is 0 Å². The monoisotopic (exact) mass is 278 g/mol. The Morgan fingerprint density at radius 1 is 0.850 bits per heavy atom. The Kier molecular flexibility index (Phi) is 14.7. The van der Waals surface area contributed by atoms with Crippen molar-refractivity contribution in [3.8, 4) is 0 Å². The highest BCUT2D eigenvalue weighted by atomic mass is 16.5. The fourth-order valence-electron chi connectivity index (χ4n) is 1.88. The molecule has 0 aliphatic carbocycles. The molecule has 0 rings (SSSR count). The number of hydrogen-bond donors (Lipinski definition) is 0. The van der Waals surface area contributed by atoms with E-state index in [1.807, 2.05) is 25.2 Å². The molecule has 0 unspecified atom stereocenters. The van der Waals surface area contributed by atoms with Gasteiger partial charge in [0.05, 0.1) is 6.61 Å². The number of unbranched alkanes of at least 4 members (excludes halogenated alkanes) is 7. The molecule has 0 aliphatic heterocycles. The van der Waals surface area contributed by atoms with Gasteiger partial charge >= 0.3 is 5.97 Å². The van der Waals surface area contributed by atoms with Crippen LogP contribution in [0.1, 0.15) is 65.2 Å². The van der Waals surface area contributed by atoms with E-state index in [1.54, 1.807) is 0 Å². The number of hydrogen-bond acceptors (Lipinski definition) is 2. The van der Waals surface area contributed by atoms with E-state index in [9.17, 15) is 4.79 Å². The second kappa shape index (κ2) is 15.7. The Morgan fingerprint density at radius 2 is 1.45 bits per heavy atom. The van der Waals surface area contributed by atoms with Gasteiger partial charge in [-0.2, -0.15) is 0 Å². The van der Waals surface area contributed by atoms with Gasteiger partial charge in [-0.3, -0.25) is 4.79 Å². The first-order valence-corrected chi connectivity index (χ1v) is 7.85. The van der Waals surface area contributed by atoms with Crippen LogP contribution in [0.4, 0.5) is 0 Å². The Bertz CT molecular complexity index is 301. The highest BCUT2D eigenvalue weighted by molar-refractivity contribution is 5.65. The van der Waals surface area contributed by atoms with Crippen LogP contribution in [0, 0.1) is 0 Å². The van der Waals surface area contributed by atoms with E-state index in [0.717, 1.165) is 6.42 Å². The van der Waals surface area contributed by atoms with Crippen molar-refractivity contribution in [1.82, 2.24) is 0 Å². The highest BCUT2D eigenvalue weighted by Gasteiger charge is 1.94. The molecule has 0 radical (unpaired) electrons. The molecule has 20 heavy (non-hydrogen) atoms. The average molecular weight is 278 g/mol. The molecule has 0 aromatic carbocycles. The van der Waals surface area contributed by atoms with Crippen molar-refractivity contribution in [1.29, 1.82) is 0 Å². The third-order valence-electron chi connectivity index (χ3n) is 2.98. The largest absolute Gasteiger partial charge is 0.466 e. The Balaban J connectivity index is 3.15. The fourth-order valence-corrected chi connectivity index (χ4v) is 1.88. The quantitative estimate of drug-likeness (QED) is 0.273. The predicted octanol–water partition coefficient (Wildman–Crippen LogP) is 5.36. The number of esters is 1. The van der Waals surface area contributed by atoms with Crippen LogP contribution in [0.15, 0.2) is 36.5 Å². The first-order chi connectivity index (χ1) is 9.77. The Labute approximate surface area is 124 Å². The van der Waals surface area contributed by atoms with Gasteiger partial charge in [0.15, 0.2) is 0 Å². The molecule has 0 saturated carbocycles. The van der Waals surface area contributed by atoms with Crippen molar-refractivity contribution < 1.29 is 9.53 Å². The maximum atomic E-state index is 10.5. The van der Waals surface area contributed by atoms with E-state index >= 15 is 0 Å². The summed E-state index contributed by atoms with van der Waals surface area (Å²) in [6, 6.07) is 0. The second-order valence-electron chi connectivity index (χ2n) is 4.94. The van der Waals surface area contributed by atoms with Crippen molar-refractivity contribution >= 4 is 5.97 Å². The summed E-state index contributed by atoms with van der Waals surface area (Å²) in [6.45, 7) is 4.07. The van der Waals surface area contributed by atoms with Crippen LogP contribution >= 0.6 is 0 Å². The van der Waals surface area contributed by atoms with Gasteiger partial charge in [0, 0.05) is 6.92 Å². The van der Waals surface area contributed by atoms with Crippen molar-refractivity contribution in [3.05, 3.63) is 36.5 Å². The van der Waals surface area contributed by atoms with Crippen LogP contribution in [-0.4, -0.2) is 12.6 Å². The van der Waals surface area contributed by atoms with E-state index < -0.39 is 0 Å². The molecular weight excluding hydrogens is 248 g/mol. The van der Waals surface area contributed by atoms with Crippen LogP contribution in [-0.2, 0) is 9.53 Å². The lowest BCUT2D eigenvalue weighted by molar-refractivity contribution is -0.141. The maximum absolute atomic E-state index is 10.5. The zero-order chi connectivity index (χ0) is 14.9. The Morgan fingerprint density at radius 3 is 2.10 bits per heavy atom. The molecule has 0 atom stereocenters. The summed E-state index contributed by atoms with van der Waals surface area (Å²) in [5.41, 5.74) is 0. The summed E-state index contributed by atoms with van der Waals surface area (Å²) in [6.07, 6.45) is 22.3. The first kappa shape index (κ1) is 18.7. The summed E-state index contributed by atoms with van der Waals surface area (Å²) in [7, 11) is 0. The minimum Gasteiger partial charge on any atom is -0.466 e. The lowest BCUT2D eigenvalue weighted by atomic mass is 10.1. The minimum atomic E-state index is -0.168. The molecule has 2 nitrogen and oxygen atoms in total. The summed E-state index contributed by atoms with van der Waals surface area (Å²) in [5.74, 6) is -0.168. The molecule has 0 fully saturated rings. The molecule has 0 N–H and O–H groups in total. The van der Waals surface area contributed by atoms with Crippen LogP contribution in [0.25, 0.3) is 0 Å². The maximum Gasteiger partial charge on any atom is 0.302 e. The predicted molar refractivity (Wildman–Crippen MR) is 86.7 cm³/mol. The third-order valence-corrected chi connectivity index (χ3v) is 2.98. The molecule has 0 aliphatic rings. The van der Waals surface area contributed by atoms with Gasteiger partial charge in [-0.25, -0.2) is 0 Å². The number of ether oxygens (including phenoxy) is 1. The van der Waals surface area contributed by atoms with Crippen molar-refractivity contribution in [2.45, 2.75) is 65.2 Å². The molecule has 0 bridgehead atoms. The molecule has 0 heterocycles. The van der Waals surface area contributed by atoms with E-state index in [4.69, 9.17) is 4.74 Å². The van der Waals surface area contributed by atoms with Crippen molar-refractivity contribution in [3.63, 3.8) is 0 Å². The third kappa shape index (κ3) is 16.7. The van der Waals surface area contributed by atoms with Gasteiger partial charge in [-0.05, 0) is 26.2 Å². The molecule has 114 valence electrons. The summed E-state index contributed by atoms with van der Waals surface area (Å²) >= 11 is 0. The van der Waals surface area contributed by atoms with Crippen molar-refractivity contribution in [2.75, 3.05) is 6.61 Å². The van der Waals surface area contributed by atoms with E-state index in [1.165, 1.54) is 51.9 Å². The lowest BCUT2D eigenvalue weighted by Crippen LogP contribution is -1.99. The van der Waals surface area contributed by atoms with Gasteiger partial charge in [-0.1, -0.05) is 68.6 Å².